The Kier molecular flexibility index (Phi) is 5.56. The summed E-state index contributed by atoms with van der Waals surface area (Å²) in [5.74, 6) is -0.00105. The minimum absolute atomic E-state index is 0.00105. The maximum absolute atomic E-state index is 12.5. The Labute approximate surface area is 156 Å². The first-order valence-corrected chi connectivity index (χ1v) is 9.85. The van der Waals surface area contributed by atoms with Crippen molar-refractivity contribution in [3.8, 4) is 11.3 Å². The van der Waals surface area contributed by atoms with E-state index >= 15 is 0 Å². The molecule has 0 aliphatic heterocycles. The molecule has 0 unspecified atom stereocenters. The van der Waals surface area contributed by atoms with Crippen LogP contribution in [0.5, 0.6) is 0 Å². The minimum atomic E-state index is -0.214. The van der Waals surface area contributed by atoms with Gasteiger partial charge in [0.2, 0.25) is 5.91 Å². The number of aromatic nitrogens is 1. The van der Waals surface area contributed by atoms with Gasteiger partial charge in [0.25, 0.3) is 0 Å². The average Bonchev–Trinajstić information content (AvgIpc) is 3.07. The third-order valence-electron chi connectivity index (χ3n) is 3.93. The Morgan fingerprint density at radius 3 is 2.44 bits per heavy atom. The van der Waals surface area contributed by atoms with Gasteiger partial charge < -0.3 is 5.32 Å². The molecule has 5 heteroatoms. The van der Waals surface area contributed by atoms with Crippen LogP contribution >= 0.6 is 23.1 Å². The molecule has 0 aliphatic rings. The van der Waals surface area contributed by atoms with Crippen LogP contribution < -0.4 is 5.32 Å². The molecule has 0 aliphatic carbocycles. The van der Waals surface area contributed by atoms with Crippen molar-refractivity contribution >= 4 is 34.7 Å². The number of aryl methyl sites for hydroxylation is 2. The Morgan fingerprint density at radius 2 is 1.76 bits per heavy atom. The highest BCUT2D eigenvalue weighted by Gasteiger charge is 2.18. The van der Waals surface area contributed by atoms with E-state index in [0.29, 0.717) is 0 Å². The molecule has 1 amide bonds. The lowest BCUT2D eigenvalue weighted by molar-refractivity contribution is -0.115. The Hall–Kier alpha value is -2.11. The molecule has 0 saturated carbocycles. The second-order valence-electron chi connectivity index (χ2n) is 5.88. The lowest BCUT2D eigenvalue weighted by Crippen LogP contribution is -2.23. The van der Waals surface area contributed by atoms with E-state index in [2.05, 4.69) is 10.3 Å². The number of nitrogens with one attached hydrogen (secondary N) is 1. The fraction of sp³-hybridized carbons (Fsp3) is 0.200. The zero-order chi connectivity index (χ0) is 17.8. The van der Waals surface area contributed by atoms with Gasteiger partial charge in [-0.1, -0.05) is 60.3 Å². The van der Waals surface area contributed by atoms with Crippen molar-refractivity contribution in [3.05, 3.63) is 65.0 Å². The van der Waals surface area contributed by atoms with Crippen LogP contribution in [0.4, 0.5) is 5.69 Å². The highest BCUT2D eigenvalue weighted by molar-refractivity contribution is 8.02. The number of thiazole rings is 1. The van der Waals surface area contributed by atoms with Gasteiger partial charge in [-0.15, -0.1) is 11.3 Å². The highest BCUT2D eigenvalue weighted by Crippen LogP contribution is 2.31. The molecule has 1 aromatic heterocycles. The summed E-state index contributed by atoms with van der Waals surface area (Å²) < 4.78 is 0.906. The van der Waals surface area contributed by atoms with Gasteiger partial charge in [-0.2, -0.15) is 0 Å². The molecule has 1 atom stereocenters. The minimum Gasteiger partial charge on any atom is -0.325 e. The molecular weight excluding hydrogens is 348 g/mol. The predicted molar refractivity (Wildman–Crippen MR) is 107 cm³/mol. The second-order valence-corrected chi connectivity index (χ2v) is 8.33. The van der Waals surface area contributed by atoms with E-state index in [4.69, 9.17) is 0 Å². The van der Waals surface area contributed by atoms with Crippen molar-refractivity contribution in [1.82, 2.24) is 4.98 Å². The number of carbonyl (C=O) groups excluding carboxylic acids is 1. The molecule has 25 heavy (non-hydrogen) atoms. The predicted octanol–water partition coefficient (Wildman–Crippen LogP) is 5.55. The molecular formula is C20H20N2OS2. The summed E-state index contributed by atoms with van der Waals surface area (Å²) in [4.78, 5) is 17.2. The van der Waals surface area contributed by atoms with Crippen molar-refractivity contribution in [2.45, 2.75) is 30.4 Å². The quantitative estimate of drug-likeness (QED) is 0.601. The summed E-state index contributed by atoms with van der Waals surface area (Å²) in [7, 11) is 0. The molecule has 3 nitrogen and oxygen atoms in total. The van der Waals surface area contributed by atoms with Gasteiger partial charge >= 0.3 is 0 Å². The average molecular weight is 369 g/mol. The van der Waals surface area contributed by atoms with Crippen LogP contribution in [0.15, 0.2) is 58.3 Å². The molecule has 3 rings (SSSR count). The lowest BCUT2D eigenvalue weighted by Gasteiger charge is -2.14. The van der Waals surface area contributed by atoms with E-state index in [1.54, 1.807) is 11.3 Å². The first-order chi connectivity index (χ1) is 12.0. The molecule has 0 spiro atoms. The van der Waals surface area contributed by atoms with E-state index < -0.39 is 0 Å². The molecule has 128 valence electrons. The largest absolute Gasteiger partial charge is 0.325 e. The van der Waals surface area contributed by atoms with Gasteiger partial charge in [-0.3, -0.25) is 4.79 Å². The van der Waals surface area contributed by atoms with Gasteiger partial charge in [-0.25, -0.2) is 4.98 Å². The summed E-state index contributed by atoms with van der Waals surface area (Å²) in [6.45, 7) is 5.93. The molecule has 0 bridgehead atoms. The molecule has 1 heterocycles. The maximum Gasteiger partial charge on any atom is 0.237 e. The smallest absolute Gasteiger partial charge is 0.237 e. The van der Waals surface area contributed by atoms with E-state index in [0.717, 1.165) is 32.4 Å². The van der Waals surface area contributed by atoms with Crippen molar-refractivity contribution < 1.29 is 4.79 Å². The summed E-state index contributed by atoms with van der Waals surface area (Å²) in [6, 6.07) is 16.1. The first-order valence-electron chi connectivity index (χ1n) is 8.09. The van der Waals surface area contributed by atoms with Crippen LogP contribution in [0.3, 0.4) is 0 Å². The van der Waals surface area contributed by atoms with Crippen LogP contribution in [0.2, 0.25) is 0 Å². The molecule has 0 saturated heterocycles. The van der Waals surface area contributed by atoms with Crippen LogP contribution in [-0.4, -0.2) is 16.1 Å². The second kappa shape index (κ2) is 7.85. The third kappa shape index (κ3) is 4.30. The zero-order valence-electron chi connectivity index (χ0n) is 14.4. The number of hydrogen-bond donors (Lipinski definition) is 1. The summed E-state index contributed by atoms with van der Waals surface area (Å²) in [5, 5.41) is 4.88. The number of thioether (sulfide) groups is 1. The van der Waals surface area contributed by atoms with Gasteiger partial charge in [0.15, 0.2) is 4.34 Å². The van der Waals surface area contributed by atoms with E-state index in [1.165, 1.54) is 11.8 Å². The van der Waals surface area contributed by atoms with Gasteiger partial charge in [-0.05, 0) is 31.9 Å². The number of hydrogen-bond acceptors (Lipinski definition) is 4. The number of benzene rings is 2. The Bertz CT molecular complexity index is 854. The summed E-state index contributed by atoms with van der Waals surface area (Å²) >= 11 is 3.07. The van der Waals surface area contributed by atoms with E-state index in [1.807, 2.05) is 74.7 Å². The number of nitrogens with zero attached hydrogens (tertiary/aromatic N) is 1. The van der Waals surface area contributed by atoms with Gasteiger partial charge in [0.1, 0.15) is 0 Å². The van der Waals surface area contributed by atoms with E-state index in [-0.39, 0.29) is 11.2 Å². The number of amides is 1. The van der Waals surface area contributed by atoms with Crippen molar-refractivity contribution in [1.29, 1.82) is 0 Å². The zero-order valence-corrected chi connectivity index (χ0v) is 16.1. The van der Waals surface area contributed by atoms with E-state index in [9.17, 15) is 4.79 Å². The molecule has 0 radical (unpaired) electrons. The normalized spacial score (nSPS) is 12.0. The fourth-order valence-corrected chi connectivity index (χ4v) is 4.47. The maximum atomic E-state index is 12.5. The molecule has 3 aromatic rings. The SMILES string of the molecule is Cc1cccc(C)c1NC(=O)[C@H](C)Sc1nc(-c2ccccc2)cs1. The molecule has 1 N–H and O–H groups in total. The number of anilines is 1. The van der Waals surface area contributed by atoms with Crippen LogP contribution in [0.1, 0.15) is 18.1 Å². The Balaban J connectivity index is 1.67. The lowest BCUT2D eigenvalue weighted by atomic mass is 10.1. The van der Waals surface area contributed by atoms with Crippen molar-refractivity contribution in [3.63, 3.8) is 0 Å². The summed E-state index contributed by atoms with van der Waals surface area (Å²) in [6.07, 6.45) is 0. The fourth-order valence-electron chi connectivity index (χ4n) is 2.49. The van der Waals surface area contributed by atoms with Gasteiger partial charge in [0.05, 0.1) is 10.9 Å². The third-order valence-corrected chi connectivity index (χ3v) is 6.00. The standard InChI is InChI=1S/C20H20N2OS2/c1-13-8-7-9-14(2)18(13)22-19(23)15(3)25-20-21-17(12-24-20)16-10-5-4-6-11-16/h4-12,15H,1-3H3,(H,22,23)/t15-/m0/s1. The van der Waals surface area contributed by atoms with Crippen LogP contribution in [-0.2, 0) is 4.79 Å². The number of carbonyl (C=O) groups is 1. The van der Waals surface area contributed by atoms with Crippen LogP contribution in [0.25, 0.3) is 11.3 Å². The first kappa shape index (κ1) is 17.7. The topological polar surface area (TPSA) is 42.0 Å². The molecule has 2 aromatic carbocycles. The highest BCUT2D eigenvalue weighted by atomic mass is 32.2. The monoisotopic (exact) mass is 368 g/mol. The molecule has 0 fully saturated rings. The number of rotatable bonds is 5. The van der Waals surface area contributed by atoms with Crippen molar-refractivity contribution in [2.24, 2.45) is 0 Å². The van der Waals surface area contributed by atoms with Crippen LogP contribution in [0, 0.1) is 13.8 Å². The van der Waals surface area contributed by atoms with Crippen molar-refractivity contribution in [2.75, 3.05) is 5.32 Å². The Morgan fingerprint density at radius 1 is 1.08 bits per heavy atom. The summed E-state index contributed by atoms with van der Waals surface area (Å²) in [5.41, 5.74) is 5.11. The number of para-hydroxylation sites is 1. The van der Waals surface area contributed by atoms with Gasteiger partial charge in [0, 0.05) is 16.6 Å².